The van der Waals surface area contributed by atoms with Gasteiger partial charge in [0, 0.05) is 11.1 Å². The highest BCUT2D eigenvalue weighted by Gasteiger charge is 2.27. The quantitative estimate of drug-likeness (QED) is 0.411. The van der Waals surface area contributed by atoms with Crippen LogP contribution in [0.1, 0.15) is 36.1 Å². The number of pyridine rings is 1. The van der Waals surface area contributed by atoms with Crippen LogP contribution in [0.5, 0.6) is 0 Å². The predicted molar refractivity (Wildman–Crippen MR) is 106 cm³/mol. The number of hydrogen-bond acceptors (Lipinski definition) is 4. The Bertz CT molecular complexity index is 1110. The lowest BCUT2D eigenvalue weighted by atomic mass is 9.78. The minimum Gasteiger partial charge on any atom is -0.411 e. The molecule has 0 saturated carbocycles. The number of hydrogen-bond donors (Lipinski definition) is 2. The first-order chi connectivity index (χ1) is 13.0. The maximum atomic E-state index is 12.1. The molecule has 0 aliphatic heterocycles. The lowest BCUT2D eigenvalue weighted by Gasteiger charge is -2.23. The highest BCUT2D eigenvalue weighted by molar-refractivity contribution is 5.80. The van der Waals surface area contributed by atoms with E-state index in [1.165, 1.54) is 6.21 Å². The number of oxime groups is 1. The maximum absolute atomic E-state index is 12.1. The molecule has 0 fully saturated rings. The number of aryl methyl sites for hydroxylation is 1. The fraction of sp³-hybridized carbons (Fsp3) is 0.227. The zero-order chi connectivity index (χ0) is 19.4. The monoisotopic (exact) mass is 359 g/mol. The van der Waals surface area contributed by atoms with Crippen LogP contribution in [0.15, 0.2) is 58.5 Å². The molecule has 2 N–H and O–H groups in total. The summed E-state index contributed by atoms with van der Waals surface area (Å²) in [5.74, 6) is 0. The van der Waals surface area contributed by atoms with Crippen molar-refractivity contribution in [2.45, 2.75) is 32.1 Å². The number of rotatable bonds is 5. The van der Waals surface area contributed by atoms with E-state index in [9.17, 15) is 10.1 Å². The van der Waals surface area contributed by atoms with Gasteiger partial charge in [0.05, 0.1) is 17.7 Å². The standard InChI is InChI=1S/C22H21N3O2/c1-3-17-10-18-7-8-19(11-20(18)25-21(17)26)22(2,14-23)12-15-5-4-6-16(9-15)13-24-27/h4-11,13,27H,3,12H2,1-2H3,(H,25,26)/b24-13+. The van der Waals surface area contributed by atoms with Gasteiger partial charge in [0.2, 0.25) is 0 Å². The average molecular weight is 359 g/mol. The lowest BCUT2D eigenvalue weighted by Crippen LogP contribution is -2.23. The number of aromatic nitrogens is 1. The Morgan fingerprint density at radius 3 is 2.78 bits per heavy atom. The van der Waals surface area contributed by atoms with Crippen molar-refractivity contribution in [3.8, 4) is 6.07 Å². The molecule has 1 aromatic heterocycles. The van der Waals surface area contributed by atoms with E-state index in [4.69, 9.17) is 5.21 Å². The molecule has 1 atom stereocenters. The molecule has 0 saturated heterocycles. The molecule has 136 valence electrons. The van der Waals surface area contributed by atoms with E-state index in [-0.39, 0.29) is 5.56 Å². The second-order valence-corrected chi connectivity index (χ2v) is 6.89. The SMILES string of the molecule is CCc1cc2ccc(C(C)(C#N)Cc3cccc(/C=N/O)c3)cc2[nH]c1=O. The van der Waals surface area contributed by atoms with Gasteiger partial charge in [0.1, 0.15) is 0 Å². The first kappa shape index (κ1) is 18.4. The van der Waals surface area contributed by atoms with E-state index < -0.39 is 5.41 Å². The molecular weight excluding hydrogens is 338 g/mol. The minimum atomic E-state index is -0.760. The summed E-state index contributed by atoms with van der Waals surface area (Å²) >= 11 is 0. The first-order valence-electron chi connectivity index (χ1n) is 8.83. The molecule has 0 radical (unpaired) electrons. The lowest BCUT2D eigenvalue weighted by molar-refractivity contribution is 0.322. The molecule has 27 heavy (non-hydrogen) atoms. The Labute approximate surface area is 157 Å². The molecular formula is C22H21N3O2. The third-order valence-electron chi connectivity index (χ3n) is 4.90. The van der Waals surface area contributed by atoms with Crippen molar-refractivity contribution in [1.29, 1.82) is 5.26 Å². The highest BCUT2D eigenvalue weighted by atomic mass is 16.4. The van der Waals surface area contributed by atoms with Gasteiger partial charge in [-0.15, -0.1) is 0 Å². The number of fused-ring (bicyclic) bond motifs is 1. The van der Waals surface area contributed by atoms with Crippen molar-refractivity contribution in [1.82, 2.24) is 4.98 Å². The van der Waals surface area contributed by atoms with E-state index in [1.54, 1.807) is 0 Å². The Kier molecular flexibility index (Phi) is 5.09. The molecule has 2 aromatic carbocycles. The summed E-state index contributed by atoms with van der Waals surface area (Å²) in [5, 5.41) is 22.6. The Morgan fingerprint density at radius 2 is 2.07 bits per heavy atom. The second kappa shape index (κ2) is 7.46. The molecule has 3 rings (SSSR count). The van der Waals surface area contributed by atoms with Gasteiger partial charge in [-0.05, 0) is 54.0 Å². The average Bonchev–Trinajstić information content (AvgIpc) is 2.67. The smallest absolute Gasteiger partial charge is 0.251 e. The molecule has 5 heteroatoms. The van der Waals surface area contributed by atoms with Gasteiger partial charge in [-0.25, -0.2) is 0 Å². The Hall–Kier alpha value is -3.39. The highest BCUT2D eigenvalue weighted by Crippen LogP contribution is 2.30. The van der Waals surface area contributed by atoms with Gasteiger partial charge in [-0.3, -0.25) is 4.79 Å². The van der Waals surface area contributed by atoms with Crippen LogP contribution < -0.4 is 5.56 Å². The van der Waals surface area contributed by atoms with Gasteiger partial charge in [0.15, 0.2) is 0 Å². The summed E-state index contributed by atoms with van der Waals surface area (Å²) in [6.45, 7) is 3.84. The van der Waals surface area contributed by atoms with Gasteiger partial charge in [-0.2, -0.15) is 5.26 Å². The largest absolute Gasteiger partial charge is 0.411 e. The molecule has 3 aromatic rings. The van der Waals surface area contributed by atoms with Crippen LogP contribution in [0.3, 0.4) is 0 Å². The first-order valence-corrected chi connectivity index (χ1v) is 8.83. The zero-order valence-electron chi connectivity index (χ0n) is 15.4. The number of H-pyrrole nitrogens is 1. The molecule has 5 nitrogen and oxygen atoms in total. The number of nitrogens with zero attached hydrogens (tertiary/aromatic N) is 2. The van der Waals surface area contributed by atoms with Crippen LogP contribution in [-0.4, -0.2) is 16.4 Å². The Balaban J connectivity index is 2.02. The maximum Gasteiger partial charge on any atom is 0.251 e. The topological polar surface area (TPSA) is 89.2 Å². The normalized spacial score (nSPS) is 13.5. The van der Waals surface area contributed by atoms with Crippen LogP contribution >= 0.6 is 0 Å². The van der Waals surface area contributed by atoms with Gasteiger partial charge < -0.3 is 10.2 Å². The zero-order valence-corrected chi connectivity index (χ0v) is 15.4. The third kappa shape index (κ3) is 3.75. The molecule has 0 spiro atoms. The van der Waals surface area contributed by atoms with Crippen molar-refractivity contribution in [2.75, 3.05) is 0 Å². The van der Waals surface area contributed by atoms with Gasteiger partial charge >= 0.3 is 0 Å². The van der Waals surface area contributed by atoms with E-state index >= 15 is 0 Å². The van der Waals surface area contributed by atoms with Crippen LogP contribution in [0.2, 0.25) is 0 Å². The van der Waals surface area contributed by atoms with E-state index in [0.29, 0.717) is 12.8 Å². The van der Waals surface area contributed by atoms with Crippen molar-refractivity contribution in [2.24, 2.45) is 5.16 Å². The van der Waals surface area contributed by atoms with E-state index in [0.717, 1.165) is 33.2 Å². The summed E-state index contributed by atoms with van der Waals surface area (Å²) < 4.78 is 0. The third-order valence-corrected chi connectivity index (χ3v) is 4.90. The van der Waals surface area contributed by atoms with Crippen molar-refractivity contribution < 1.29 is 5.21 Å². The Morgan fingerprint density at radius 1 is 1.26 bits per heavy atom. The fourth-order valence-electron chi connectivity index (χ4n) is 3.32. The summed E-state index contributed by atoms with van der Waals surface area (Å²) in [6.07, 6.45) is 2.54. The van der Waals surface area contributed by atoms with Gasteiger partial charge in [-0.1, -0.05) is 48.5 Å². The molecule has 0 amide bonds. The molecule has 0 aliphatic carbocycles. The number of nitrogens with one attached hydrogen (secondary N) is 1. The molecule has 0 aliphatic rings. The fourth-order valence-corrected chi connectivity index (χ4v) is 3.32. The summed E-state index contributed by atoms with van der Waals surface area (Å²) in [6, 6.07) is 17.6. The summed E-state index contributed by atoms with van der Waals surface area (Å²) in [4.78, 5) is 15.1. The number of nitriles is 1. The van der Waals surface area contributed by atoms with Crippen molar-refractivity contribution >= 4 is 17.1 Å². The van der Waals surface area contributed by atoms with Crippen LogP contribution in [0, 0.1) is 11.3 Å². The number of aromatic amines is 1. The van der Waals surface area contributed by atoms with E-state index in [1.807, 2.05) is 62.4 Å². The van der Waals surface area contributed by atoms with Crippen molar-refractivity contribution in [3.05, 3.63) is 81.1 Å². The summed E-state index contributed by atoms with van der Waals surface area (Å²) in [5.41, 5.74) is 3.22. The van der Waals surface area contributed by atoms with Crippen LogP contribution in [-0.2, 0) is 18.3 Å². The molecule has 0 bridgehead atoms. The predicted octanol–water partition coefficient (Wildman–Crippen LogP) is 3.92. The van der Waals surface area contributed by atoms with Gasteiger partial charge in [0.25, 0.3) is 5.56 Å². The molecule has 1 unspecified atom stereocenters. The second-order valence-electron chi connectivity index (χ2n) is 6.89. The summed E-state index contributed by atoms with van der Waals surface area (Å²) in [7, 11) is 0. The van der Waals surface area contributed by atoms with Crippen LogP contribution in [0.4, 0.5) is 0 Å². The van der Waals surface area contributed by atoms with Crippen molar-refractivity contribution in [3.63, 3.8) is 0 Å². The van der Waals surface area contributed by atoms with E-state index in [2.05, 4.69) is 16.2 Å². The number of benzene rings is 2. The molecule has 1 heterocycles. The van der Waals surface area contributed by atoms with Crippen LogP contribution in [0.25, 0.3) is 10.9 Å². The minimum absolute atomic E-state index is 0.0863.